The summed E-state index contributed by atoms with van der Waals surface area (Å²) >= 11 is 0. The van der Waals surface area contributed by atoms with Crippen LogP contribution in [-0.2, 0) is 0 Å². The van der Waals surface area contributed by atoms with Crippen molar-refractivity contribution >= 4 is 0 Å². The van der Waals surface area contributed by atoms with Crippen molar-refractivity contribution < 1.29 is 13.2 Å². The average molecular weight is 359 g/mol. The molecule has 0 aliphatic carbocycles. The van der Waals surface area contributed by atoms with E-state index in [1.165, 1.54) is 24.3 Å². The molecule has 4 rings (SSSR count). The molecule has 0 fully saturated rings. The predicted molar refractivity (Wildman–Crippen MR) is 104 cm³/mol. The van der Waals surface area contributed by atoms with Gasteiger partial charge in [0.1, 0.15) is 11.6 Å². The van der Waals surface area contributed by atoms with Gasteiger partial charge >= 0.3 is 11.5 Å². The fraction of sp³-hybridized carbons (Fsp3) is 0.0417. The van der Waals surface area contributed by atoms with Crippen molar-refractivity contribution in [3.05, 3.63) is 102 Å². The molecule has 1 nitrogen and oxygen atoms in total. The van der Waals surface area contributed by atoms with Crippen LogP contribution in [0.2, 0.25) is 0 Å². The topological polar surface area (TPSA) is 11.3 Å². The van der Waals surface area contributed by atoms with Gasteiger partial charge in [-0.3, -0.25) is 0 Å². The van der Waals surface area contributed by atoms with Crippen molar-refractivity contribution in [3.8, 4) is 33.8 Å². The van der Waals surface area contributed by atoms with Gasteiger partial charge < -0.3 is 0 Å². The molecule has 0 aliphatic heterocycles. The summed E-state index contributed by atoms with van der Waals surface area (Å²) in [4.78, 5) is 0. The van der Waals surface area contributed by atoms with Gasteiger partial charge in [-0.15, -0.1) is 0 Å². The minimum Gasteiger partial charge on any atom is -0.207 e. The molecule has 0 saturated carbocycles. The minimum atomic E-state index is -0.299. The summed E-state index contributed by atoms with van der Waals surface area (Å²) in [5.41, 5.74) is 4.65. The Bertz CT molecular complexity index is 913. The highest BCUT2D eigenvalue weighted by molar-refractivity contribution is 5.74. The van der Waals surface area contributed by atoms with Gasteiger partial charge in [-0.2, -0.15) is 0 Å². The second-order valence-electron chi connectivity index (χ2n) is 6.45. The Hall–Kier alpha value is -3.33. The van der Waals surface area contributed by atoms with Crippen molar-refractivity contribution in [1.29, 1.82) is 0 Å². The maximum atomic E-state index is 13.3. The number of hydrogen-bond donors (Lipinski definition) is 0. The lowest BCUT2D eigenvalue weighted by Gasteiger charge is -2.03. The lowest BCUT2D eigenvalue weighted by Crippen LogP contribution is -1.87. The smallest absolute Gasteiger partial charge is 0.207 e. The zero-order chi connectivity index (χ0) is 18.8. The molecule has 1 heterocycles. The number of aryl methyl sites for hydroxylation is 1. The summed E-state index contributed by atoms with van der Waals surface area (Å²) < 4.78 is 32.7. The molecule has 0 radical (unpaired) electrons. The van der Waals surface area contributed by atoms with E-state index in [4.69, 9.17) is 4.42 Å². The Morgan fingerprint density at radius 2 is 0.926 bits per heavy atom. The fourth-order valence-electron chi connectivity index (χ4n) is 2.93. The van der Waals surface area contributed by atoms with Crippen LogP contribution in [-0.4, -0.2) is 0 Å². The van der Waals surface area contributed by atoms with Crippen molar-refractivity contribution in [2.24, 2.45) is 0 Å². The van der Waals surface area contributed by atoms with E-state index in [0.29, 0.717) is 11.5 Å². The van der Waals surface area contributed by atoms with Crippen molar-refractivity contribution in [2.75, 3.05) is 0 Å². The van der Waals surface area contributed by atoms with Gasteiger partial charge in [0.2, 0.25) is 0 Å². The Morgan fingerprint density at radius 3 is 1.41 bits per heavy atom. The van der Waals surface area contributed by atoms with Crippen LogP contribution in [0.25, 0.3) is 33.8 Å². The normalized spacial score (nSPS) is 10.8. The molecule has 0 bridgehead atoms. The van der Waals surface area contributed by atoms with E-state index >= 15 is 0 Å². The van der Waals surface area contributed by atoms with E-state index in [9.17, 15) is 8.78 Å². The van der Waals surface area contributed by atoms with Gasteiger partial charge in [0.05, 0.1) is 23.3 Å². The third kappa shape index (κ3) is 3.77. The third-order valence-corrected chi connectivity index (χ3v) is 4.44. The van der Waals surface area contributed by atoms with Crippen molar-refractivity contribution in [3.63, 3.8) is 0 Å². The molecule has 1 aromatic heterocycles. The quantitative estimate of drug-likeness (QED) is 0.354. The van der Waals surface area contributed by atoms with Crippen molar-refractivity contribution in [2.45, 2.75) is 6.92 Å². The molecule has 0 atom stereocenters. The van der Waals surface area contributed by atoms with Crippen LogP contribution in [0.4, 0.5) is 8.78 Å². The first-order valence-electron chi connectivity index (χ1n) is 8.66. The molecule has 0 spiro atoms. The molecule has 0 saturated heterocycles. The Kier molecular flexibility index (Phi) is 4.51. The van der Waals surface area contributed by atoms with Crippen LogP contribution >= 0.6 is 0 Å². The average Bonchev–Trinajstić information content (AvgIpc) is 2.69. The Balaban J connectivity index is 1.89. The van der Waals surface area contributed by atoms with Gasteiger partial charge in [-0.25, -0.2) is 13.2 Å². The molecule has 3 aromatic carbocycles. The number of halogens is 2. The maximum Gasteiger partial charge on any atom is 0.361 e. The van der Waals surface area contributed by atoms with E-state index < -0.39 is 0 Å². The first-order valence-corrected chi connectivity index (χ1v) is 8.66. The SMILES string of the molecule is Cc1ccc(-c2cc(-c3ccc(F)cc3)cc(-c3ccc(F)cc3)[o+]2)cc1. The van der Waals surface area contributed by atoms with E-state index in [1.54, 1.807) is 24.3 Å². The first kappa shape index (κ1) is 17.1. The summed E-state index contributed by atoms with van der Waals surface area (Å²) in [6.07, 6.45) is 0. The van der Waals surface area contributed by atoms with E-state index in [0.717, 1.165) is 27.8 Å². The molecule has 0 unspecified atom stereocenters. The van der Waals surface area contributed by atoms with Gasteiger partial charge in [-0.1, -0.05) is 29.8 Å². The molecular formula is C24H17F2O+. The molecule has 0 amide bonds. The second kappa shape index (κ2) is 7.12. The molecule has 3 heteroatoms. The fourth-order valence-corrected chi connectivity index (χ4v) is 2.93. The lowest BCUT2D eigenvalue weighted by molar-refractivity contribution is 0.581. The standard InChI is InChI=1S/C24H17F2O/c1-16-2-4-18(5-3-16)23-14-20(17-6-10-21(25)11-7-17)15-24(27-23)19-8-12-22(26)13-9-19/h2-15H,1H3/q+1. The van der Waals surface area contributed by atoms with E-state index in [1.807, 2.05) is 43.3 Å². The lowest BCUT2D eigenvalue weighted by atomic mass is 10.0. The highest BCUT2D eigenvalue weighted by Gasteiger charge is 2.20. The Labute approximate surface area is 156 Å². The van der Waals surface area contributed by atoms with Gasteiger partial charge in [0.15, 0.2) is 0 Å². The molecule has 27 heavy (non-hydrogen) atoms. The summed E-state index contributed by atoms with van der Waals surface area (Å²) in [6.45, 7) is 2.03. The second-order valence-corrected chi connectivity index (χ2v) is 6.45. The maximum absolute atomic E-state index is 13.3. The van der Waals surface area contributed by atoms with Gasteiger partial charge in [0, 0.05) is 5.56 Å². The van der Waals surface area contributed by atoms with Crippen molar-refractivity contribution in [1.82, 2.24) is 0 Å². The molecule has 132 valence electrons. The summed E-state index contributed by atoms with van der Waals surface area (Å²) in [5.74, 6) is 0.729. The zero-order valence-electron chi connectivity index (χ0n) is 14.7. The molecule has 0 aliphatic rings. The molecule has 0 N–H and O–H groups in total. The zero-order valence-corrected chi connectivity index (χ0v) is 14.7. The van der Waals surface area contributed by atoms with Crippen LogP contribution in [0.3, 0.4) is 0 Å². The Morgan fingerprint density at radius 1 is 0.519 bits per heavy atom. The van der Waals surface area contributed by atoms with Crippen LogP contribution in [0.1, 0.15) is 5.56 Å². The van der Waals surface area contributed by atoms with E-state index in [-0.39, 0.29) is 11.6 Å². The molecule has 4 aromatic rings. The van der Waals surface area contributed by atoms with E-state index in [2.05, 4.69) is 0 Å². The highest BCUT2D eigenvalue weighted by Crippen LogP contribution is 2.33. The number of benzene rings is 3. The van der Waals surface area contributed by atoms with Crippen LogP contribution in [0.5, 0.6) is 0 Å². The van der Waals surface area contributed by atoms with Gasteiger partial charge in [-0.05, 0) is 61.0 Å². The van der Waals surface area contributed by atoms with Gasteiger partial charge in [0.25, 0.3) is 0 Å². The summed E-state index contributed by atoms with van der Waals surface area (Å²) in [7, 11) is 0. The van der Waals surface area contributed by atoms with Crippen LogP contribution < -0.4 is 0 Å². The third-order valence-electron chi connectivity index (χ3n) is 4.44. The van der Waals surface area contributed by atoms with Crippen LogP contribution in [0, 0.1) is 18.6 Å². The number of rotatable bonds is 3. The largest absolute Gasteiger partial charge is 0.361 e. The summed E-state index contributed by atoms with van der Waals surface area (Å²) in [6, 6.07) is 24.4. The number of hydrogen-bond acceptors (Lipinski definition) is 0. The monoisotopic (exact) mass is 359 g/mol. The summed E-state index contributed by atoms with van der Waals surface area (Å²) in [5, 5.41) is 0. The predicted octanol–water partition coefficient (Wildman–Crippen LogP) is 7.15. The first-order chi connectivity index (χ1) is 13.1. The minimum absolute atomic E-state index is 0.281. The van der Waals surface area contributed by atoms with Crippen LogP contribution in [0.15, 0.2) is 89.3 Å². The highest BCUT2D eigenvalue weighted by atomic mass is 19.1. The molecular weight excluding hydrogens is 342 g/mol.